The first-order valence-corrected chi connectivity index (χ1v) is 6.87. The maximum absolute atomic E-state index is 3.72. The van der Waals surface area contributed by atoms with Crippen LogP contribution in [-0.2, 0) is 0 Å². The van der Waals surface area contributed by atoms with Crippen molar-refractivity contribution in [1.82, 2.24) is 0 Å². The van der Waals surface area contributed by atoms with Gasteiger partial charge in [0.1, 0.15) is 0 Å². The lowest BCUT2D eigenvalue weighted by molar-refractivity contribution is 1.67. The molecule has 0 aromatic carbocycles. The normalized spacial score (nSPS) is 11.7. The maximum Gasteiger partial charge on any atom is 0.0602 e. The van der Waals surface area contributed by atoms with Crippen LogP contribution in [0.1, 0.15) is 12.5 Å². The van der Waals surface area contributed by atoms with Crippen molar-refractivity contribution < 1.29 is 0 Å². The molecule has 0 nitrogen and oxygen atoms in total. The summed E-state index contributed by atoms with van der Waals surface area (Å²) in [6.45, 7) is 5.78. The van der Waals surface area contributed by atoms with Crippen molar-refractivity contribution in [2.24, 2.45) is 0 Å². The summed E-state index contributed by atoms with van der Waals surface area (Å²) in [5, 5.41) is 4.06. The van der Waals surface area contributed by atoms with Gasteiger partial charge in [0, 0.05) is 10.3 Å². The molecule has 0 aliphatic heterocycles. The van der Waals surface area contributed by atoms with Gasteiger partial charge in [-0.15, -0.1) is 23.1 Å². The van der Waals surface area contributed by atoms with E-state index in [0.717, 1.165) is 0 Å². The van der Waals surface area contributed by atoms with E-state index < -0.39 is 0 Å². The molecule has 0 spiro atoms. The maximum atomic E-state index is 3.72. The molecule has 0 amide bonds. The van der Waals surface area contributed by atoms with Crippen molar-refractivity contribution >= 4 is 39.8 Å². The summed E-state index contributed by atoms with van der Waals surface area (Å²) in [6.07, 6.45) is 4.23. The molecular formula is C10H12S3. The van der Waals surface area contributed by atoms with E-state index in [1.165, 1.54) is 14.7 Å². The quantitative estimate of drug-likeness (QED) is 0.685. The highest BCUT2D eigenvalue weighted by atomic mass is 32.2. The van der Waals surface area contributed by atoms with Gasteiger partial charge in [-0.1, -0.05) is 24.4 Å². The topological polar surface area (TPSA) is 0 Å². The van der Waals surface area contributed by atoms with Crippen molar-refractivity contribution in [3.05, 3.63) is 35.1 Å². The van der Waals surface area contributed by atoms with Crippen LogP contribution in [0, 0.1) is 0 Å². The molecule has 0 aliphatic rings. The predicted octanol–water partition coefficient (Wildman–Crippen LogP) is 4.71. The van der Waals surface area contributed by atoms with Crippen LogP contribution in [0.15, 0.2) is 33.7 Å². The average molecular weight is 228 g/mol. The minimum atomic E-state index is 1.28. The highest BCUT2D eigenvalue weighted by molar-refractivity contribution is 8.10. The molecule has 0 atom stereocenters. The zero-order chi connectivity index (χ0) is 9.68. The predicted molar refractivity (Wildman–Crippen MR) is 67.5 cm³/mol. The Kier molecular flexibility index (Phi) is 4.70. The van der Waals surface area contributed by atoms with Gasteiger partial charge < -0.3 is 0 Å². The van der Waals surface area contributed by atoms with Gasteiger partial charge in [-0.3, -0.25) is 0 Å². The Bertz CT molecular complexity index is 310. The molecule has 70 valence electrons. The minimum Gasteiger partial charge on any atom is -0.137 e. The van der Waals surface area contributed by atoms with Gasteiger partial charge in [0.25, 0.3) is 0 Å². The summed E-state index contributed by atoms with van der Waals surface area (Å²) < 4.78 is 1.36. The fourth-order valence-electron chi connectivity index (χ4n) is 0.945. The van der Waals surface area contributed by atoms with E-state index in [-0.39, 0.29) is 0 Å². The van der Waals surface area contributed by atoms with E-state index in [1.807, 2.05) is 5.41 Å². The lowest BCUT2D eigenvalue weighted by Crippen LogP contribution is -1.70. The zero-order valence-corrected chi connectivity index (χ0v) is 10.2. The molecule has 0 bridgehead atoms. The van der Waals surface area contributed by atoms with Crippen LogP contribution in [0.4, 0.5) is 0 Å². The molecule has 0 saturated carbocycles. The smallest absolute Gasteiger partial charge is 0.0602 e. The van der Waals surface area contributed by atoms with Gasteiger partial charge in [-0.05, 0) is 30.2 Å². The van der Waals surface area contributed by atoms with Crippen molar-refractivity contribution in [2.45, 2.75) is 11.1 Å². The molecule has 0 unspecified atom stereocenters. The fourth-order valence-corrected chi connectivity index (χ4v) is 3.00. The highest BCUT2D eigenvalue weighted by Gasteiger charge is 2.02. The third-order valence-electron chi connectivity index (χ3n) is 1.53. The molecule has 0 aliphatic carbocycles. The van der Waals surface area contributed by atoms with E-state index in [0.29, 0.717) is 0 Å². The van der Waals surface area contributed by atoms with Crippen LogP contribution in [-0.4, -0.2) is 6.26 Å². The van der Waals surface area contributed by atoms with Crippen LogP contribution in [0.5, 0.6) is 0 Å². The summed E-state index contributed by atoms with van der Waals surface area (Å²) in [5.74, 6) is 0. The highest BCUT2D eigenvalue weighted by Crippen LogP contribution is 2.33. The Morgan fingerprint density at radius 1 is 1.62 bits per heavy atom. The Balaban J connectivity index is 2.85. The second-order valence-electron chi connectivity index (χ2n) is 2.30. The van der Waals surface area contributed by atoms with Gasteiger partial charge in [-0.2, -0.15) is 0 Å². The van der Waals surface area contributed by atoms with Crippen LogP contribution >= 0.6 is 34.9 Å². The summed E-state index contributed by atoms with van der Waals surface area (Å²) >= 11 is 5.26. The monoisotopic (exact) mass is 228 g/mol. The standard InChI is InChI=1S/C10H12S3/c1-4-9(12-5-2)8-6-10(11-3)13-7-8/h4-7H,2H2,1,3H3/b9-4-. The zero-order valence-electron chi connectivity index (χ0n) is 7.74. The second-order valence-corrected chi connectivity index (χ2v) is 5.32. The summed E-state index contributed by atoms with van der Waals surface area (Å²) in [7, 11) is 0. The summed E-state index contributed by atoms with van der Waals surface area (Å²) in [5.41, 5.74) is 1.31. The third-order valence-corrected chi connectivity index (χ3v) is 4.46. The van der Waals surface area contributed by atoms with Crippen molar-refractivity contribution in [1.29, 1.82) is 0 Å². The molecule has 13 heavy (non-hydrogen) atoms. The summed E-state index contributed by atoms with van der Waals surface area (Å²) in [4.78, 5) is 1.28. The second kappa shape index (κ2) is 5.58. The van der Waals surface area contributed by atoms with Crippen molar-refractivity contribution in [3.63, 3.8) is 0 Å². The van der Waals surface area contributed by atoms with Gasteiger partial charge in [0.15, 0.2) is 0 Å². The van der Waals surface area contributed by atoms with Gasteiger partial charge in [0.05, 0.1) is 4.21 Å². The van der Waals surface area contributed by atoms with Crippen LogP contribution in [0.25, 0.3) is 4.91 Å². The molecular weight excluding hydrogens is 216 g/mol. The van der Waals surface area contributed by atoms with E-state index in [9.17, 15) is 0 Å². The summed E-state index contributed by atoms with van der Waals surface area (Å²) in [6, 6.07) is 2.22. The van der Waals surface area contributed by atoms with E-state index >= 15 is 0 Å². The average Bonchev–Trinajstić information content (AvgIpc) is 2.62. The molecule has 1 rings (SSSR count). The number of hydrogen-bond acceptors (Lipinski definition) is 3. The lowest BCUT2D eigenvalue weighted by atomic mass is 10.3. The molecule has 0 radical (unpaired) electrons. The molecule has 1 heterocycles. The van der Waals surface area contributed by atoms with Crippen molar-refractivity contribution in [2.75, 3.05) is 6.26 Å². The Hall–Kier alpha value is -0.120. The molecule has 0 N–H and O–H groups in total. The molecule has 3 heteroatoms. The van der Waals surface area contributed by atoms with E-state index in [2.05, 4.69) is 37.3 Å². The van der Waals surface area contributed by atoms with Crippen LogP contribution in [0.3, 0.4) is 0 Å². The first-order valence-electron chi connectivity index (χ1n) is 3.88. The van der Waals surface area contributed by atoms with E-state index in [4.69, 9.17) is 0 Å². The van der Waals surface area contributed by atoms with Gasteiger partial charge >= 0.3 is 0 Å². The molecule has 0 fully saturated rings. The van der Waals surface area contributed by atoms with Crippen LogP contribution in [0.2, 0.25) is 0 Å². The number of thioether (sulfide) groups is 2. The largest absolute Gasteiger partial charge is 0.137 e. The number of allylic oxidation sites excluding steroid dienone is 1. The van der Waals surface area contributed by atoms with Crippen LogP contribution < -0.4 is 0 Å². The number of rotatable bonds is 4. The number of thiophene rings is 1. The minimum absolute atomic E-state index is 1.28. The first kappa shape index (κ1) is 11.0. The Morgan fingerprint density at radius 2 is 2.38 bits per heavy atom. The molecule has 0 saturated heterocycles. The third kappa shape index (κ3) is 2.93. The SMILES string of the molecule is C=CS/C(=C\C)c1csc(SC)c1. The lowest BCUT2D eigenvalue weighted by Gasteiger charge is -1.98. The Labute approximate surface area is 92.1 Å². The van der Waals surface area contributed by atoms with Gasteiger partial charge in [-0.25, -0.2) is 0 Å². The van der Waals surface area contributed by atoms with Crippen molar-refractivity contribution in [3.8, 4) is 0 Å². The Morgan fingerprint density at radius 3 is 2.85 bits per heavy atom. The first-order chi connectivity index (χ1) is 6.31. The van der Waals surface area contributed by atoms with Gasteiger partial charge in [0.2, 0.25) is 0 Å². The molecule has 1 aromatic rings. The van der Waals surface area contributed by atoms with E-state index in [1.54, 1.807) is 34.9 Å². The molecule has 1 aromatic heterocycles. The fraction of sp³-hybridized carbons (Fsp3) is 0.200. The number of hydrogen-bond donors (Lipinski definition) is 0.